The fourth-order valence-electron chi connectivity index (χ4n) is 1.15. The topological polar surface area (TPSA) is 22.1 Å². The van der Waals surface area contributed by atoms with E-state index in [2.05, 4.69) is 11.1 Å². The lowest BCUT2D eigenvalue weighted by Crippen LogP contribution is -1.95. The number of pyridine rings is 1. The molecule has 0 aliphatic rings. The van der Waals surface area contributed by atoms with Crippen LogP contribution < -0.4 is 4.74 Å². The van der Waals surface area contributed by atoms with Crippen LogP contribution in [0.5, 0.6) is 5.75 Å². The minimum absolute atomic E-state index is 0.409. The Morgan fingerprint density at radius 3 is 2.80 bits per heavy atom. The smallest absolute Gasteiger partial charge is 0.134 e. The Kier molecular flexibility index (Phi) is 2.93. The van der Waals surface area contributed by atoms with Crippen molar-refractivity contribution in [3.63, 3.8) is 0 Å². The summed E-state index contributed by atoms with van der Waals surface area (Å²) in [5.74, 6) is 0.0882. The molecule has 2 aromatic rings. The van der Waals surface area contributed by atoms with Crippen LogP contribution in [0.15, 0.2) is 42.7 Å². The maximum Gasteiger partial charge on any atom is 0.134 e. The highest BCUT2D eigenvalue weighted by Crippen LogP contribution is 2.13. The Morgan fingerprint density at radius 2 is 2.07 bits per heavy atom. The minimum atomic E-state index is -0.415. The highest BCUT2D eigenvalue weighted by Gasteiger charge is 1.97. The summed E-state index contributed by atoms with van der Waals surface area (Å²) in [6.07, 6.45) is 3.39. The summed E-state index contributed by atoms with van der Waals surface area (Å²) in [7, 11) is 0. The normalized spacial score (nSPS) is 9.93. The van der Waals surface area contributed by atoms with Crippen molar-refractivity contribution in [3.05, 3.63) is 60.2 Å². The zero-order chi connectivity index (χ0) is 10.5. The van der Waals surface area contributed by atoms with Crippen LogP contribution in [0.3, 0.4) is 0 Å². The van der Waals surface area contributed by atoms with Crippen molar-refractivity contribution in [2.75, 3.05) is 0 Å². The minimum Gasteiger partial charge on any atom is -0.489 e. The van der Waals surface area contributed by atoms with Gasteiger partial charge in [0.1, 0.15) is 18.2 Å². The summed E-state index contributed by atoms with van der Waals surface area (Å²) in [5, 5.41) is 0. The van der Waals surface area contributed by atoms with Crippen molar-refractivity contribution in [1.29, 1.82) is 0 Å². The van der Waals surface area contributed by atoms with Crippen LogP contribution in [0.2, 0.25) is 0 Å². The molecule has 0 bridgehead atoms. The summed E-state index contributed by atoms with van der Waals surface area (Å²) in [5.41, 5.74) is 0.998. The number of rotatable bonds is 3. The van der Waals surface area contributed by atoms with E-state index in [0.29, 0.717) is 12.4 Å². The van der Waals surface area contributed by atoms with Crippen LogP contribution in [0.25, 0.3) is 0 Å². The van der Waals surface area contributed by atoms with Gasteiger partial charge in [0.25, 0.3) is 0 Å². The SMILES string of the molecule is Fc1[c]ccc(OCc2ccncc2)c1. The molecule has 0 aliphatic carbocycles. The lowest BCUT2D eigenvalue weighted by Gasteiger charge is -2.05. The molecule has 1 heterocycles. The predicted molar refractivity (Wildman–Crippen MR) is 53.8 cm³/mol. The Bertz CT molecular complexity index is 431. The standard InChI is InChI=1S/C12H9FNO/c13-11-2-1-3-12(8-11)15-9-10-4-6-14-7-5-10/h1,3-8H,9H2. The van der Waals surface area contributed by atoms with Gasteiger partial charge in [0.05, 0.1) is 0 Å². The van der Waals surface area contributed by atoms with Crippen LogP contribution in [0, 0.1) is 11.9 Å². The van der Waals surface area contributed by atoms with Gasteiger partial charge in [0.15, 0.2) is 0 Å². The summed E-state index contributed by atoms with van der Waals surface area (Å²) in [6.45, 7) is 0.409. The second-order valence-corrected chi connectivity index (χ2v) is 3.02. The van der Waals surface area contributed by atoms with Gasteiger partial charge in [-0.05, 0) is 29.8 Å². The highest BCUT2D eigenvalue weighted by molar-refractivity contribution is 5.22. The first-order chi connectivity index (χ1) is 7.34. The van der Waals surface area contributed by atoms with Crippen molar-refractivity contribution in [1.82, 2.24) is 4.98 Å². The van der Waals surface area contributed by atoms with E-state index < -0.39 is 5.82 Å². The quantitative estimate of drug-likeness (QED) is 0.763. The Balaban J connectivity index is 1.99. The van der Waals surface area contributed by atoms with Crippen molar-refractivity contribution in [2.45, 2.75) is 6.61 Å². The molecule has 1 aromatic heterocycles. The van der Waals surface area contributed by atoms with E-state index in [4.69, 9.17) is 4.74 Å². The van der Waals surface area contributed by atoms with Crippen LogP contribution in [-0.2, 0) is 6.61 Å². The molecular formula is C12H9FNO. The van der Waals surface area contributed by atoms with Gasteiger partial charge in [0, 0.05) is 24.5 Å². The third kappa shape index (κ3) is 2.77. The van der Waals surface area contributed by atoms with Crippen molar-refractivity contribution >= 4 is 0 Å². The number of ether oxygens (including phenoxy) is 1. The van der Waals surface area contributed by atoms with Crippen LogP contribution in [0.4, 0.5) is 4.39 Å². The van der Waals surface area contributed by atoms with Crippen LogP contribution in [0.1, 0.15) is 5.56 Å². The maximum absolute atomic E-state index is 12.7. The molecular weight excluding hydrogens is 193 g/mol. The van der Waals surface area contributed by atoms with Crippen molar-refractivity contribution in [3.8, 4) is 5.75 Å². The number of aromatic nitrogens is 1. The summed E-state index contributed by atoms with van der Waals surface area (Å²) in [6, 6.07) is 10.6. The molecule has 15 heavy (non-hydrogen) atoms. The largest absolute Gasteiger partial charge is 0.489 e. The highest BCUT2D eigenvalue weighted by atomic mass is 19.1. The fourth-order valence-corrected chi connectivity index (χ4v) is 1.15. The van der Waals surface area contributed by atoms with E-state index in [1.165, 1.54) is 12.1 Å². The third-order valence-electron chi connectivity index (χ3n) is 1.89. The van der Waals surface area contributed by atoms with Gasteiger partial charge in [-0.15, -0.1) is 0 Å². The second kappa shape index (κ2) is 4.55. The molecule has 0 atom stereocenters. The average molecular weight is 202 g/mol. The Hall–Kier alpha value is -1.90. The number of hydrogen-bond acceptors (Lipinski definition) is 2. The molecule has 0 unspecified atom stereocenters. The molecule has 0 spiro atoms. The van der Waals surface area contributed by atoms with Gasteiger partial charge in [-0.3, -0.25) is 4.98 Å². The molecule has 2 nitrogen and oxygen atoms in total. The summed E-state index contributed by atoms with van der Waals surface area (Å²) in [4.78, 5) is 3.89. The second-order valence-electron chi connectivity index (χ2n) is 3.02. The van der Waals surface area contributed by atoms with Gasteiger partial charge in [0.2, 0.25) is 0 Å². The summed E-state index contributed by atoms with van der Waals surface area (Å²) < 4.78 is 18.1. The van der Waals surface area contributed by atoms with Gasteiger partial charge >= 0.3 is 0 Å². The lowest BCUT2D eigenvalue weighted by molar-refractivity contribution is 0.304. The van der Waals surface area contributed by atoms with E-state index in [-0.39, 0.29) is 0 Å². The van der Waals surface area contributed by atoms with Gasteiger partial charge in [-0.1, -0.05) is 0 Å². The Morgan fingerprint density at radius 1 is 1.27 bits per heavy atom. The molecule has 0 fully saturated rings. The van der Waals surface area contributed by atoms with E-state index in [1.54, 1.807) is 18.5 Å². The Labute approximate surface area is 87.4 Å². The first-order valence-electron chi connectivity index (χ1n) is 4.53. The van der Waals surface area contributed by atoms with E-state index in [0.717, 1.165) is 5.56 Å². The molecule has 75 valence electrons. The molecule has 3 heteroatoms. The number of hydrogen-bond donors (Lipinski definition) is 0. The molecule has 0 saturated carbocycles. The summed E-state index contributed by atoms with van der Waals surface area (Å²) >= 11 is 0. The van der Waals surface area contributed by atoms with Gasteiger partial charge < -0.3 is 4.74 Å². The molecule has 0 amide bonds. The molecule has 0 aliphatic heterocycles. The van der Waals surface area contributed by atoms with Gasteiger partial charge in [-0.2, -0.15) is 0 Å². The molecule has 1 aromatic carbocycles. The number of benzene rings is 1. The first kappa shape index (κ1) is 9.65. The number of nitrogens with zero attached hydrogens (tertiary/aromatic N) is 1. The average Bonchev–Trinajstić information content (AvgIpc) is 2.28. The van der Waals surface area contributed by atoms with Crippen LogP contribution in [-0.4, -0.2) is 4.98 Å². The van der Waals surface area contributed by atoms with Crippen molar-refractivity contribution in [2.24, 2.45) is 0 Å². The zero-order valence-corrected chi connectivity index (χ0v) is 7.98. The van der Waals surface area contributed by atoms with E-state index >= 15 is 0 Å². The van der Waals surface area contributed by atoms with Crippen molar-refractivity contribution < 1.29 is 9.13 Å². The molecule has 1 radical (unpaired) electrons. The number of halogens is 1. The molecule has 0 N–H and O–H groups in total. The zero-order valence-electron chi connectivity index (χ0n) is 7.98. The molecule has 0 saturated heterocycles. The van der Waals surface area contributed by atoms with Crippen LogP contribution >= 0.6 is 0 Å². The predicted octanol–water partition coefficient (Wildman–Crippen LogP) is 2.60. The molecule has 2 rings (SSSR count). The van der Waals surface area contributed by atoms with Gasteiger partial charge in [-0.25, -0.2) is 4.39 Å². The maximum atomic E-state index is 12.7. The first-order valence-corrected chi connectivity index (χ1v) is 4.53. The monoisotopic (exact) mass is 202 g/mol. The lowest BCUT2D eigenvalue weighted by atomic mass is 10.3. The van der Waals surface area contributed by atoms with E-state index in [9.17, 15) is 4.39 Å². The third-order valence-corrected chi connectivity index (χ3v) is 1.89. The fraction of sp³-hybridized carbons (Fsp3) is 0.0833. The van der Waals surface area contributed by atoms with E-state index in [1.807, 2.05) is 12.1 Å².